The molecule has 0 radical (unpaired) electrons. The van der Waals surface area contributed by atoms with E-state index in [2.05, 4.69) is 22.3 Å². The Morgan fingerprint density at radius 1 is 1.39 bits per heavy atom. The number of ether oxygens (including phenoxy) is 2. The van der Waals surface area contributed by atoms with Crippen molar-refractivity contribution in [2.24, 2.45) is 0 Å². The van der Waals surface area contributed by atoms with Crippen LogP contribution in [0.5, 0.6) is 5.75 Å². The van der Waals surface area contributed by atoms with Gasteiger partial charge in [-0.1, -0.05) is 12.1 Å². The Morgan fingerprint density at radius 3 is 2.67 bits per heavy atom. The minimum absolute atomic E-state index is 0.0627. The summed E-state index contributed by atoms with van der Waals surface area (Å²) < 4.78 is 9.79. The Morgan fingerprint density at radius 2 is 2.11 bits per heavy atom. The fraction of sp³-hybridized carbons (Fsp3) is 0.462. The number of methoxy groups -OCH3 is 1. The van der Waals surface area contributed by atoms with Gasteiger partial charge in [-0.15, -0.1) is 0 Å². The molecule has 18 heavy (non-hydrogen) atoms. The maximum absolute atomic E-state index is 10.9. The lowest BCUT2D eigenvalue weighted by molar-refractivity contribution is -0.142. The highest BCUT2D eigenvalue weighted by atomic mass is 16.6. The number of esters is 1. The molecular formula is C13H18N2O3. The Bertz CT molecular complexity index is 405. The molecule has 0 spiro atoms. The van der Waals surface area contributed by atoms with Gasteiger partial charge < -0.3 is 9.47 Å². The minimum Gasteiger partial charge on any atom is -0.482 e. The van der Waals surface area contributed by atoms with E-state index in [-0.39, 0.29) is 18.7 Å². The normalized spacial score (nSPS) is 22.8. The van der Waals surface area contributed by atoms with Gasteiger partial charge in [-0.05, 0) is 24.6 Å². The topological polar surface area (TPSA) is 59.6 Å². The molecular weight excluding hydrogens is 232 g/mol. The monoisotopic (exact) mass is 250 g/mol. The second-order valence-electron chi connectivity index (χ2n) is 4.34. The van der Waals surface area contributed by atoms with E-state index in [1.807, 2.05) is 24.3 Å². The molecule has 0 aliphatic carbocycles. The molecule has 1 aromatic carbocycles. The van der Waals surface area contributed by atoms with Gasteiger partial charge in [0, 0.05) is 12.6 Å². The average molecular weight is 250 g/mol. The molecule has 0 bridgehead atoms. The van der Waals surface area contributed by atoms with E-state index in [0.29, 0.717) is 11.8 Å². The number of hydrogen-bond acceptors (Lipinski definition) is 5. The van der Waals surface area contributed by atoms with Crippen molar-refractivity contribution in [1.82, 2.24) is 10.6 Å². The van der Waals surface area contributed by atoms with E-state index < -0.39 is 0 Å². The predicted octanol–water partition coefficient (Wildman–Crippen LogP) is 0.818. The third-order valence-electron chi connectivity index (χ3n) is 2.88. The van der Waals surface area contributed by atoms with Gasteiger partial charge in [0.25, 0.3) is 0 Å². The lowest BCUT2D eigenvalue weighted by Crippen LogP contribution is -2.23. The molecule has 1 aliphatic heterocycles. The molecule has 2 N–H and O–H groups in total. The van der Waals surface area contributed by atoms with E-state index in [1.165, 1.54) is 7.11 Å². The molecule has 1 aromatic rings. The Labute approximate surface area is 106 Å². The van der Waals surface area contributed by atoms with E-state index in [4.69, 9.17) is 4.74 Å². The molecule has 2 atom stereocenters. The maximum atomic E-state index is 10.9. The molecule has 1 aliphatic rings. The van der Waals surface area contributed by atoms with E-state index in [0.717, 1.165) is 12.1 Å². The summed E-state index contributed by atoms with van der Waals surface area (Å²) in [5.41, 5.74) is 1.16. The predicted molar refractivity (Wildman–Crippen MR) is 67.3 cm³/mol. The van der Waals surface area contributed by atoms with Crippen LogP contribution < -0.4 is 15.4 Å². The molecule has 0 aromatic heterocycles. The first-order valence-corrected chi connectivity index (χ1v) is 5.98. The van der Waals surface area contributed by atoms with E-state index in [9.17, 15) is 4.79 Å². The fourth-order valence-corrected chi connectivity index (χ4v) is 1.87. The highest BCUT2D eigenvalue weighted by Gasteiger charge is 2.20. The van der Waals surface area contributed by atoms with Crippen molar-refractivity contribution in [3.8, 4) is 5.75 Å². The van der Waals surface area contributed by atoms with Gasteiger partial charge >= 0.3 is 5.97 Å². The van der Waals surface area contributed by atoms with Crippen LogP contribution >= 0.6 is 0 Å². The third-order valence-corrected chi connectivity index (χ3v) is 2.88. The zero-order valence-corrected chi connectivity index (χ0v) is 10.6. The Kier molecular flexibility index (Phi) is 4.17. The molecule has 2 unspecified atom stereocenters. The molecule has 5 heteroatoms. The lowest BCUT2D eigenvalue weighted by atomic mass is 10.2. The largest absolute Gasteiger partial charge is 0.482 e. The van der Waals surface area contributed by atoms with Crippen LogP contribution in [-0.4, -0.2) is 32.3 Å². The number of hydrogen-bond donors (Lipinski definition) is 2. The van der Waals surface area contributed by atoms with Gasteiger partial charge in [-0.25, -0.2) is 4.79 Å². The number of benzene rings is 1. The fourth-order valence-electron chi connectivity index (χ4n) is 1.87. The third kappa shape index (κ3) is 3.21. The molecule has 5 nitrogen and oxygen atoms in total. The van der Waals surface area contributed by atoms with Gasteiger partial charge in [0.1, 0.15) is 5.75 Å². The van der Waals surface area contributed by atoms with Gasteiger partial charge in [0.05, 0.1) is 13.3 Å². The highest BCUT2D eigenvalue weighted by Crippen LogP contribution is 2.18. The zero-order chi connectivity index (χ0) is 13.0. The first-order chi connectivity index (χ1) is 8.69. The van der Waals surface area contributed by atoms with Crippen LogP contribution in [0.4, 0.5) is 0 Å². The summed E-state index contributed by atoms with van der Waals surface area (Å²) in [6.45, 7) is 3.04. The SMILES string of the molecule is COC(=O)COc1ccc(C2NCC(C)N2)cc1. The summed E-state index contributed by atoms with van der Waals surface area (Å²) >= 11 is 0. The van der Waals surface area contributed by atoms with Crippen LogP contribution in [0.3, 0.4) is 0 Å². The summed E-state index contributed by atoms with van der Waals surface area (Å²) in [6.07, 6.45) is 0.189. The minimum atomic E-state index is -0.382. The summed E-state index contributed by atoms with van der Waals surface area (Å²) in [5.74, 6) is 0.280. The van der Waals surface area contributed by atoms with Crippen molar-refractivity contribution in [3.05, 3.63) is 29.8 Å². The number of nitrogens with one attached hydrogen (secondary N) is 2. The summed E-state index contributed by atoms with van der Waals surface area (Å²) in [6, 6.07) is 8.14. The molecule has 98 valence electrons. The van der Waals surface area contributed by atoms with Crippen molar-refractivity contribution in [2.75, 3.05) is 20.3 Å². The van der Waals surface area contributed by atoms with Gasteiger partial charge in [0.2, 0.25) is 0 Å². The van der Waals surface area contributed by atoms with Crippen molar-refractivity contribution in [3.63, 3.8) is 0 Å². The lowest BCUT2D eigenvalue weighted by Gasteiger charge is -2.12. The summed E-state index contributed by atoms with van der Waals surface area (Å²) in [5, 5.41) is 6.80. The first-order valence-electron chi connectivity index (χ1n) is 5.98. The Hall–Kier alpha value is -1.59. The van der Waals surface area contributed by atoms with Crippen molar-refractivity contribution < 1.29 is 14.3 Å². The Balaban J connectivity index is 1.91. The number of carbonyl (C=O) groups is 1. The highest BCUT2D eigenvalue weighted by molar-refractivity contribution is 5.70. The molecule has 1 heterocycles. The number of carbonyl (C=O) groups excluding carboxylic acids is 1. The molecule has 1 fully saturated rings. The first kappa shape index (κ1) is 12.9. The average Bonchev–Trinajstić information content (AvgIpc) is 2.83. The summed E-state index contributed by atoms with van der Waals surface area (Å²) in [4.78, 5) is 10.9. The number of rotatable bonds is 4. The zero-order valence-electron chi connectivity index (χ0n) is 10.6. The van der Waals surface area contributed by atoms with Crippen molar-refractivity contribution >= 4 is 5.97 Å². The van der Waals surface area contributed by atoms with Crippen molar-refractivity contribution in [2.45, 2.75) is 19.1 Å². The second-order valence-corrected chi connectivity index (χ2v) is 4.34. The quantitative estimate of drug-likeness (QED) is 0.775. The molecule has 0 saturated carbocycles. The molecule has 2 rings (SSSR count). The van der Waals surface area contributed by atoms with Crippen LogP contribution in [0.2, 0.25) is 0 Å². The van der Waals surface area contributed by atoms with E-state index in [1.54, 1.807) is 0 Å². The van der Waals surface area contributed by atoms with Gasteiger partial charge in [-0.3, -0.25) is 10.6 Å². The smallest absolute Gasteiger partial charge is 0.343 e. The van der Waals surface area contributed by atoms with Gasteiger partial charge in [0.15, 0.2) is 6.61 Å². The molecule has 1 saturated heterocycles. The molecule has 0 amide bonds. The van der Waals surface area contributed by atoms with E-state index >= 15 is 0 Å². The van der Waals surface area contributed by atoms with Crippen LogP contribution in [0, 0.1) is 0 Å². The van der Waals surface area contributed by atoms with Crippen LogP contribution in [-0.2, 0) is 9.53 Å². The summed E-state index contributed by atoms with van der Waals surface area (Å²) in [7, 11) is 1.34. The van der Waals surface area contributed by atoms with Crippen LogP contribution in [0.25, 0.3) is 0 Å². The maximum Gasteiger partial charge on any atom is 0.343 e. The standard InChI is InChI=1S/C13H18N2O3/c1-9-7-14-13(15-9)10-3-5-11(6-4-10)18-8-12(16)17-2/h3-6,9,13-15H,7-8H2,1-2H3. The van der Waals surface area contributed by atoms with Crippen LogP contribution in [0.1, 0.15) is 18.7 Å². The second kappa shape index (κ2) is 5.84. The van der Waals surface area contributed by atoms with Crippen LogP contribution in [0.15, 0.2) is 24.3 Å². The van der Waals surface area contributed by atoms with Gasteiger partial charge in [-0.2, -0.15) is 0 Å². The van der Waals surface area contributed by atoms with Crippen molar-refractivity contribution in [1.29, 1.82) is 0 Å².